The molecule has 0 spiro atoms. The highest BCUT2D eigenvalue weighted by Gasteiger charge is 2.16. The van der Waals surface area contributed by atoms with E-state index < -0.39 is 0 Å². The SMILES string of the molecule is CC(C)CC(CNC(C)C)Cc1c(Cl)cccc1Cl. The van der Waals surface area contributed by atoms with E-state index in [1.165, 1.54) is 6.42 Å². The molecule has 19 heavy (non-hydrogen) atoms. The number of halogens is 2. The first-order valence-corrected chi connectivity index (χ1v) is 7.82. The maximum absolute atomic E-state index is 6.27. The predicted molar refractivity (Wildman–Crippen MR) is 86.2 cm³/mol. The van der Waals surface area contributed by atoms with Gasteiger partial charge in [0.15, 0.2) is 0 Å². The van der Waals surface area contributed by atoms with Gasteiger partial charge in [0, 0.05) is 16.1 Å². The van der Waals surface area contributed by atoms with E-state index in [-0.39, 0.29) is 0 Å². The highest BCUT2D eigenvalue weighted by Crippen LogP contribution is 2.28. The molecule has 0 radical (unpaired) electrons. The van der Waals surface area contributed by atoms with Crippen LogP contribution in [-0.2, 0) is 6.42 Å². The van der Waals surface area contributed by atoms with Crippen LogP contribution in [0.5, 0.6) is 0 Å². The largest absolute Gasteiger partial charge is 0.314 e. The van der Waals surface area contributed by atoms with Gasteiger partial charge in [-0.2, -0.15) is 0 Å². The van der Waals surface area contributed by atoms with Crippen molar-refractivity contribution in [1.29, 1.82) is 0 Å². The Morgan fingerprint density at radius 1 is 1.05 bits per heavy atom. The van der Waals surface area contributed by atoms with E-state index in [4.69, 9.17) is 23.2 Å². The summed E-state index contributed by atoms with van der Waals surface area (Å²) in [7, 11) is 0. The maximum Gasteiger partial charge on any atom is 0.0452 e. The maximum atomic E-state index is 6.27. The molecule has 1 nitrogen and oxygen atoms in total. The molecule has 1 unspecified atom stereocenters. The first-order valence-electron chi connectivity index (χ1n) is 7.06. The summed E-state index contributed by atoms with van der Waals surface area (Å²) in [6.45, 7) is 9.88. The van der Waals surface area contributed by atoms with Gasteiger partial charge in [0.2, 0.25) is 0 Å². The lowest BCUT2D eigenvalue weighted by Crippen LogP contribution is -2.30. The molecule has 0 saturated heterocycles. The second kappa shape index (κ2) is 8.14. The Morgan fingerprint density at radius 2 is 1.63 bits per heavy atom. The van der Waals surface area contributed by atoms with Gasteiger partial charge in [-0.05, 0) is 48.9 Å². The van der Waals surface area contributed by atoms with E-state index in [2.05, 4.69) is 33.0 Å². The Hall–Kier alpha value is -0.240. The van der Waals surface area contributed by atoms with Crippen molar-refractivity contribution in [2.24, 2.45) is 11.8 Å². The van der Waals surface area contributed by atoms with Crippen LogP contribution in [0.4, 0.5) is 0 Å². The van der Waals surface area contributed by atoms with Crippen LogP contribution >= 0.6 is 23.2 Å². The van der Waals surface area contributed by atoms with Gasteiger partial charge >= 0.3 is 0 Å². The molecule has 1 aromatic rings. The molecule has 1 rings (SSSR count). The minimum absolute atomic E-state index is 0.511. The summed E-state index contributed by atoms with van der Waals surface area (Å²) in [6.07, 6.45) is 2.12. The second-order valence-electron chi connectivity index (χ2n) is 5.96. The highest BCUT2D eigenvalue weighted by atomic mass is 35.5. The lowest BCUT2D eigenvalue weighted by atomic mass is 9.90. The van der Waals surface area contributed by atoms with Crippen molar-refractivity contribution in [3.8, 4) is 0 Å². The fourth-order valence-corrected chi connectivity index (χ4v) is 2.88. The predicted octanol–water partition coefficient (Wildman–Crippen LogP) is 5.20. The third kappa shape index (κ3) is 6.16. The van der Waals surface area contributed by atoms with E-state index in [1.54, 1.807) is 0 Å². The Labute approximate surface area is 127 Å². The van der Waals surface area contributed by atoms with E-state index in [0.29, 0.717) is 17.9 Å². The zero-order valence-electron chi connectivity index (χ0n) is 12.3. The summed E-state index contributed by atoms with van der Waals surface area (Å²) in [6, 6.07) is 6.25. The molecule has 0 fully saturated rings. The Balaban J connectivity index is 2.75. The van der Waals surface area contributed by atoms with Crippen molar-refractivity contribution >= 4 is 23.2 Å². The molecule has 1 aromatic carbocycles. The fraction of sp³-hybridized carbons (Fsp3) is 0.625. The summed E-state index contributed by atoms with van der Waals surface area (Å²) in [5.74, 6) is 1.25. The van der Waals surface area contributed by atoms with Crippen LogP contribution in [0, 0.1) is 11.8 Å². The Bertz CT molecular complexity index is 368. The van der Waals surface area contributed by atoms with Gasteiger partial charge in [0.1, 0.15) is 0 Å². The van der Waals surface area contributed by atoms with E-state index in [9.17, 15) is 0 Å². The van der Waals surface area contributed by atoms with Crippen molar-refractivity contribution in [2.75, 3.05) is 6.54 Å². The standard InChI is InChI=1S/C16H25Cl2N/c1-11(2)8-13(10-19-12(3)4)9-14-15(17)6-5-7-16(14)18/h5-7,11-13,19H,8-10H2,1-4H3. The second-order valence-corrected chi connectivity index (χ2v) is 6.78. The van der Waals surface area contributed by atoms with Crippen molar-refractivity contribution < 1.29 is 0 Å². The van der Waals surface area contributed by atoms with Gasteiger partial charge < -0.3 is 5.32 Å². The van der Waals surface area contributed by atoms with Crippen LogP contribution < -0.4 is 5.32 Å². The van der Waals surface area contributed by atoms with Crippen LogP contribution in [0.25, 0.3) is 0 Å². The van der Waals surface area contributed by atoms with Crippen molar-refractivity contribution in [3.63, 3.8) is 0 Å². The molecule has 0 amide bonds. The molecule has 0 aliphatic rings. The Kier molecular flexibility index (Phi) is 7.20. The normalized spacial score (nSPS) is 13.3. The lowest BCUT2D eigenvalue weighted by Gasteiger charge is -2.22. The number of nitrogens with one attached hydrogen (secondary N) is 1. The highest BCUT2D eigenvalue weighted by molar-refractivity contribution is 6.35. The summed E-state index contributed by atoms with van der Waals surface area (Å²) >= 11 is 12.5. The minimum atomic E-state index is 0.511. The van der Waals surface area contributed by atoms with Gasteiger partial charge in [-0.15, -0.1) is 0 Å². The van der Waals surface area contributed by atoms with Crippen LogP contribution in [0.1, 0.15) is 39.7 Å². The quantitative estimate of drug-likeness (QED) is 0.730. The minimum Gasteiger partial charge on any atom is -0.314 e. The average Bonchev–Trinajstić information content (AvgIpc) is 2.30. The van der Waals surface area contributed by atoms with Crippen molar-refractivity contribution in [2.45, 2.75) is 46.6 Å². The molecule has 0 aliphatic heterocycles. The third-order valence-corrected chi connectivity index (χ3v) is 3.88. The van der Waals surface area contributed by atoms with Crippen LogP contribution in [0.2, 0.25) is 10.0 Å². The van der Waals surface area contributed by atoms with Crippen LogP contribution in [-0.4, -0.2) is 12.6 Å². The number of benzene rings is 1. The molecule has 1 N–H and O–H groups in total. The van der Waals surface area contributed by atoms with E-state index >= 15 is 0 Å². The molecule has 0 saturated carbocycles. The molecule has 1 atom stereocenters. The van der Waals surface area contributed by atoms with Gasteiger partial charge in [0.05, 0.1) is 0 Å². The van der Waals surface area contributed by atoms with Gasteiger partial charge in [-0.1, -0.05) is 57.0 Å². The number of rotatable bonds is 7. The van der Waals surface area contributed by atoms with E-state index in [0.717, 1.165) is 28.6 Å². The summed E-state index contributed by atoms with van der Waals surface area (Å²) in [5, 5.41) is 5.09. The summed E-state index contributed by atoms with van der Waals surface area (Å²) in [4.78, 5) is 0. The zero-order chi connectivity index (χ0) is 14.4. The Morgan fingerprint density at radius 3 is 2.11 bits per heavy atom. The molecule has 0 heterocycles. The molecule has 3 heteroatoms. The van der Waals surface area contributed by atoms with Gasteiger partial charge in [0.25, 0.3) is 0 Å². The van der Waals surface area contributed by atoms with Crippen molar-refractivity contribution in [1.82, 2.24) is 5.32 Å². The summed E-state index contributed by atoms with van der Waals surface area (Å²) in [5.41, 5.74) is 1.09. The number of hydrogen-bond donors (Lipinski definition) is 1. The summed E-state index contributed by atoms with van der Waals surface area (Å²) < 4.78 is 0. The van der Waals surface area contributed by atoms with Gasteiger partial charge in [-0.25, -0.2) is 0 Å². The average molecular weight is 302 g/mol. The molecule has 0 aromatic heterocycles. The lowest BCUT2D eigenvalue weighted by molar-refractivity contribution is 0.373. The smallest absolute Gasteiger partial charge is 0.0452 e. The van der Waals surface area contributed by atoms with Gasteiger partial charge in [-0.3, -0.25) is 0 Å². The zero-order valence-corrected chi connectivity index (χ0v) is 13.9. The third-order valence-electron chi connectivity index (χ3n) is 3.17. The van der Waals surface area contributed by atoms with E-state index in [1.807, 2.05) is 18.2 Å². The first kappa shape index (κ1) is 16.8. The number of hydrogen-bond acceptors (Lipinski definition) is 1. The molecular weight excluding hydrogens is 277 g/mol. The van der Waals surface area contributed by atoms with Crippen LogP contribution in [0.3, 0.4) is 0 Å². The van der Waals surface area contributed by atoms with Crippen molar-refractivity contribution in [3.05, 3.63) is 33.8 Å². The molecule has 0 bridgehead atoms. The molecule has 0 aliphatic carbocycles. The molecular formula is C16H25Cl2N. The fourth-order valence-electron chi connectivity index (χ4n) is 2.32. The topological polar surface area (TPSA) is 12.0 Å². The molecule has 108 valence electrons. The van der Waals surface area contributed by atoms with Crippen LogP contribution in [0.15, 0.2) is 18.2 Å². The first-order chi connectivity index (χ1) is 8.90. The monoisotopic (exact) mass is 301 g/mol.